The van der Waals surface area contributed by atoms with Gasteiger partial charge >= 0.3 is 0 Å². The quantitative estimate of drug-likeness (QED) is 0.428. The second-order valence-corrected chi connectivity index (χ2v) is 2.03. The SMILES string of the molecule is C=CN=C(C=C)/C=C(/C)C=C. The van der Waals surface area contributed by atoms with Gasteiger partial charge in [-0.3, -0.25) is 4.99 Å². The van der Waals surface area contributed by atoms with Crippen molar-refractivity contribution in [1.82, 2.24) is 0 Å². The molecule has 0 aromatic heterocycles. The molecular formula is C10H13N. The van der Waals surface area contributed by atoms with Crippen molar-refractivity contribution in [3.8, 4) is 0 Å². The molecule has 0 aliphatic heterocycles. The highest BCUT2D eigenvalue weighted by Crippen LogP contribution is 1.95. The fourth-order valence-corrected chi connectivity index (χ4v) is 0.546. The van der Waals surface area contributed by atoms with E-state index in [4.69, 9.17) is 0 Å². The minimum Gasteiger partial charge on any atom is -0.258 e. The zero-order valence-corrected chi connectivity index (χ0v) is 6.88. The van der Waals surface area contributed by atoms with E-state index >= 15 is 0 Å². The first kappa shape index (κ1) is 9.63. The molecule has 0 fully saturated rings. The van der Waals surface area contributed by atoms with E-state index in [9.17, 15) is 0 Å². The van der Waals surface area contributed by atoms with Crippen molar-refractivity contribution in [2.45, 2.75) is 6.92 Å². The molecular weight excluding hydrogens is 134 g/mol. The first-order valence-corrected chi connectivity index (χ1v) is 3.36. The van der Waals surface area contributed by atoms with Gasteiger partial charge in [-0.1, -0.05) is 25.8 Å². The largest absolute Gasteiger partial charge is 0.258 e. The first-order chi connectivity index (χ1) is 5.24. The Morgan fingerprint density at radius 1 is 1.18 bits per heavy atom. The number of hydrogen-bond donors (Lipinski definition) is 0. The van der Waals surface area contributed by atoms with Gasteiger partial charge in [-0.15, -0.1) is 0 Å². The number of nitrogens with zero attached hydrogens (tertiary/aromatic N) is 1. The Hall–Kier alpha value is -1.37. The second kappa shape index (κ2) is 5.42. The van der Waals surface area contributed by atoms with E-state index in [0.717, 1.165) is 11.3 Å². The molecule has 0 unspecified atom stereocenters. The highest BCUT2D eigenvalue weighted by Gasteiger charge is 1.85. The Balaban J connectivity index is 4.53. The maximum Gasteiger partial charge on any atom is 0.0626 e. The molecule has 0 aromatic carbocycles. The molecule has 0 aromatic rings. The van der Waals surface area contributed by atoms with Crippen molar-refractivity contribution in [2.75, 3.05) is 0 Å². The van der Waals surface area contributed by atoms with Crippen molar-refractivity contribution >= 4 is 5.71 Å². The summed E-state index contributed by atoms with van der Waals surface area (Å²) in [7, 11) is 0. The first-order valence-electron chi connectivity index (χ1n) is 3.36. The number of allylic oxidation sites excluding steroid dienone is 4. The summed E-state index contributed by atoms with van der Waals surface area (Å²) in [4.78, 5) is 3.97. The lowest BCUT2D eigenvalue weighted by atomic mass is 10.2. The third-order valence-electron chi connectivity index (χ3n) is 1.15. The molecule has 0 spiro atoms. The van der Waals surface area contributed by atoms with Crippen molar-refractivity contribution in [1.29, 1.82) is 0 Å². The lowest BCUT2D eigenvalue weighted by Crippen LogP contribution is -1.86. The summed E-state index contributed by atoms with van der Waals surface area (Å²) in [5.74, 6) is 0. The van der Waals surface area contributed by atoms with Crippen LogP contribution in [0.4, 0.5) is 0 Å². The molecule has 0 saturated heterocycles. The molecule has 0 bridgehead atoms. The Morgan fingerprint density at radius 3 is 2.18 bits per heavy atom. The fourth-order valence-electron chi connectivity index (χ4n) is 0.546. The molecule has 58 valence electrons. The van der Waals surface area contributed by atoms with Gasteiger partial charge in [0.15, 0.2) is 0 Å². The Labute approximate surface area is 68.2 Å². The minimum absolute atomic E-state index is 0.803. The zero-order chi connectivity index (χ0) is 8.69. The number of aliphatic imine (C=N–C) groups is 1. The summed E-state index contributed by atoms with van der Waals surface area (Å²) >= 11 is 0. The third-order valence-corrected chi connectivity index (χ3v) is 1.15. The van der Waals surface area contributed by atoms with Crippen LogP contribution in [-0.4, -0.2) is 5.71 Å². The van der Waals surface area contributed by atoms with Crippen molar-refractivity contribution in [3.05, 3.63) is 49.7 Å². The highest BCUT2D eigenvalue weighted by molar-refractivity contribution is 6.04. The van der Waals surface area contributed by atoms with Gasteiger partial charge in [0.1, 0.15) is 0 Å². The van der Waals surface area contributed by atoms with Crippen LogP contribution in [0.3, 0.4) is 0 Å². The summed E-state index contributed by atoms with van der Waals surface area (Å²) < 4.78 is 0. The molecule has 0 atom stereocenters. The normalized spacial score (nSPS) is 12.5. The van der Waals surface area contributed by atoms with Crippen molar-refractivity contribution in [2.24, 2.45) is 4.99 Å². The van der Waals surface area contributed by atoms with Crippen LogP contribution in [0.25, 0.3) is 0 Å². The minimum atomic E-state index is 0.803. The average molecular weight is 147 g/mol. The molecule has 0 saturated carbocycles. The van der Waals surface area contributed by atoms with Gasteiger partial charge < -0.3 is 0 Å². The van der Waals surface area contributed by atoms with Crippen LogP contribution in [0.2, 0.25) is 0 Å². The van der Waals surface area contributed by atoms with E-state index in [1.807, 2.05) is 13.0 Å². The molecule has 0 heterocycles. The lowest BCUT2D eigenvalue weighted by molar-refractivity contribution is 1.52. The lowest BCUT2D eigenvalue weighted by Gasteiger charge is -1.91. The topological polar surface area (TPSA) is 12.4 Å². The van der Waals surface area contributed by atoms with Gasteiger partial charge in [0.2, 0.25) is 0 Å². The molecule has 0 radical (unpaired) electrons. The van der Waals surface area contributed by atoms with Gasteiger partial charge in [0.25, 0.3) is 0 Å². The standard InChI is InChI=1S/C10H13N/c1-5-9(4)8-10(6-2)11-7-3/h5-8H,1-3H2,4H3/b9-8-,11-10?. The summed E-state index contributed by atoms with van der Waals surface area (Å²) in [5, 5.41) is 0. The van der Waals surface area contributed by atoms with Crippen LogP contribution in [0.5, 0.6) is 0 Å². The summed E-state index contributed by atoms with van der Waals surface area (Å²) in [6.07, 6.45) is 6.82. The van der Waals surface area contributed by atoms with Gasteiger partial charge in [0, 0.05) is 6.20 Å². The fraction of sp³-hybridized carbons (Fsp3) is 0.100. The summed E-state index contributed by atoms with van der Waals surface area (Å²) in [5.41, 5.74) is 1.86. The summed E-state index contributed by atoms with van der Waals surface area (Å²) in [6, 6.07) is 0. The molecule has 1 heteroatoms. The van der Waals surface area contributed by atoms with E-state index in [0.29, 0.717) is 0 Å². The van der Waals surface area contributed by atoms with E-state index in [-0.39, 0.29) is 0 Å². The zero-order valence-electron chi connectivity index (χ0n) is 6.88. The van der Waals surface area contributed by atoms with Crippen LogP contribution in [-0.2, 0) is 0 Å². The number of hydrogen-bond acceptors (Lipinski definition) is 1. The van der Waals surface area contributed by atoms with Gasteiger partial charge in [-0.25, -0.2) is 0 Å². The number of rotatable bonds is 4. The van der Waals surface area contributed by atoms with Gasteiger partial charge in [0.05, 0.1) is 5.71 Å². The second-order valence-electron chi connectivity index (χ2n) is 2.03. The monoisotopic (exact) mass is 147 g/mol. The molecule has 0 aliphatic rings. The predicted molar refractivity (Wildman–Crippen MR) is 51.8 cm³/mol. The smallest absolute Gasteiger partial charge is 0.0626 e. The van der Waals surface area contributed by atoms with Gasteiger partial charge in [-0.2, -0.15) is 0 Å². The molecule has 0 amide bonds. The van der Waals surface area contributed by atoms with E-state index in [1.54, 1.807) is 12.2 Å². The Kier molecular flexibility index (Phi) is 4.74. The highest BCUT2D eigenvalue weighted by atomic mass is 14.7. The van der Waals surface area contributed by atoms with E-state index < -0.39 is 0 Å². The Bertz CT molecular complexity index is 219. The van der Waals surface area contributed by atoms with Crippen molar-refractivity contribution < 1.29 is 0 Å². The molecule has 1 nitrogen and oxygen atoms in total. The Morgan fingerprint density at radius 2 is 1.82 bits per heavy atom. The predicted octanol–water partition coefficient (Wildman–Crippen LogP) is 2.89. The van der Waals surface area contributed by atoms with Crippen molar-refractivity contribution in [3.63, 3.8) is 0 Å². The van der Waals surface area contributed by atoms with Crippen LogP contribution in [0.15, 0.2) is 54.7 Å². The maximum absolute atomic E-state index is 3.97. The van der Waals surface area contributed by atoms with Gasteiger partial charge in [-0.05, 0) is 24.6 Å². The molecule has 0 N–H and O–H groups in total. The molecule has 0 rings (SSSR count). The van der Waals surface area contributed by atoms with Crippen LogP contribution < -0.4 is 0 Å². The third kappa shape index (κ3) is 4.09. The maximum atomic E-state index is 3.97. The average Bonchev–Trinajstić information content (AvgIpc) is 2.03. The van der Waals surface area contributed by atoms with E-state index in [1.165, 1.54) is 6.20 Å². The summed E-state index contributed by atoms with van der Waals surface area (Å²) in [6.45, 7) is 12.7. The molecule has 11 heavy (non-hydrogen) atoms. The van der Waals surface area contributed by atoms with Crippen LogP contribution >= 0.6 is 0 Å². The molecule has 0 aliphatic carbocycles. The van der Waals surface area contributed by atoms with Crippen LogP contribution in [0.1, 0.15) is 6.92 Å². The van der Waals surface area contributed by atoms with E-state index in [2.05, 4.69) is 24.7 Å². The van der Waals surface area contributed by atoms with Crippen LogP contribution in [0, 0.1) is 0 Å².